The van der Waals surface area contributed by atoms with E-state index < -0.39 is 11.6 Å². The van der Waals surface area contributed by atoms with Gasteiger partial charge in [0.2, 0.25) is 0 Å². The Morgan fingerprint density at radius 3 is 2.81 bits per heavy atom. The topological polar surface area (TPSA) is 100 Å². The van der Waals surface area contributed by atoms with Crippen molar-refractivity contribution in [2.24, 2.45) is 0 Å². The van der Waals surface area contributed by atoms with Crippen molar-refractivity contribution in [3.05, 3.63) is 45.8 Å². The highest BCUT2D eigenvalue weighted by Crippen LogP contribution is 2.20. The number of carboxylic acids is 1. The molecule has 1 aliphatic heterocycles. The lowest BCUT2D eigenvalue weighted by atomic mass is 10.0. The van der Waals surface area contributed by atoms with Crippen molar-refractivity contribution in [1.82, 2.24) is 9.80 Å². The fraction of sp³-hybridized carbons (Fsp3) is 0.421. The second-order valence-corrected chi connectivity index (χ2v) is 6.72. The normalized spacial score (nSPS) is 17.4. The number of carbonyl (C=O) groups is 2. The number of hydrogen-bond acceptors (Lipinski definition) is 6. The molecule has 0 aliphatic carbocycles. The number of nitrogens with zero attached hydrogens (tertiary/aromatic N) is 2. The molecule has 0 bridgehead atoms. The summed E-state index contributed by atoms with van der Waals surface area (Å²) in [5.74, 6) is -1.31. The van der Waals surface area contributed by atoms with Crippen molar-refractivity contribution in [1.29, 1.82) is 0 Å². The maximum Gasteiger partial charge on any atom is 0.349 e. The van der Waals surface area contributed by atoms with Crippen molar-refractivity contribution in [2.75, 3.05) is 39.8 Å². The Kier molecular flexibility index (Phi) is 5.57. The maximum atomic E-state index is 13.0. The molecule has 1 N–H and O–H groups in total. The van der Waals surface area contributed by atoms with E-state index in [4.69, 9.17) is 14.3 Å². The molecule has 0 saturated carbocycles. The Balaban J connectivity index is 1.80. The molecular weight excluding hydrogens is 352 g/mol. The average molecular weight is 374 g/mol. The predicted molar refractivity (Wildman–Crippen MR) is 98.0 cm³/mol. The van der Waals surface area contributed by atoms with Gasteiger partial charge in [0.25, 0.3) is 5.91 Å². The van der Waals surface area contributed by atoms with Crippen molar-refractivity contribution in [3.63, 3.8) is 0 Å². The molecule has 1 atom stereocenters. The van der Waals surface area contributed by atoms with E-state index in [2.05, 4.69) is 0 Å². The number of likely N-dealkylation sites (N-methyl/N-ethyl adjacent to an activating group) is 1. The molecule has 144 valence electrons. The minimum absolute atomic E-state index is 0.0354. The van der Waals surface area contributed by atoms with E-state index in [9.17, 15) is 14.4 Å². The monoisotopic (exact) mass is 374 g/mol. The second-order valence-electron chi connectivity index (χ2n) is 6.72. The van der Waals surface area contributed by atoms with Crippen LogP contribution < -0.4 is 5.63 Å². The first-order valence-electron chi connectivity index (χ1n) is 8.70. The van der Waals surface area contributed by atoms with Crippen LogP contribution in [0.4, 0.5) is 0 Å². The number of morpholine rings is 1. The Bertz CT molecular complexity index is 922. The van der Waals surface area contributed by atoms with Crippen molar-refractivity contribution < 1.29 is 23.8 Å². The van der Waals surface area contributed by atoms with Gasteiger partial charge >= 0.3 is 11.6 Å². The summed E-state index contributed by atoms with van der Waals surface area (Å²) in [6.07, 6.45) is -0.320. The molecule has 1 aromatic carbocycles. The molecule has 2 heterocycles. The van der Waals surface area contributed by atoms with Gasteiger partial charge in [-0.05, 0) is 25.6 Å². The van der Waals surface area contributed by atoms with Gasteiger partial charge in [-0.15, -0.1) is 0 Å². The molecule has 2 aromatic rings. The number of fused-ring (bicyclic) bond motifs is 1. The number of benzene rings is 1. The number of hydrogen-bond donors (Lipinski definition) is 1. The van der Waals surface area contributed by atoms with Crippen LogP contribution in [0.1, 0.15) is 15.9 Å². The number of rotatable bonds is 5. The summed E-state index contributed by atoms with van der Waals surface area (Å²) >= 11 is 0. The van der Waals surface area contributed by atoms with Crippen LogP contribution in [0.15, 0.2) is 33.5 Å². The number of ether oxygens (including phenoxy) is 1. The third kappa shape index (κ3) is 4.17. The van der Waals surface area contributed by atoms with Crippen LogP contribution in [0, 0.1) is 6.92 Å². The average Bonchev–Trinajstić information content (AvgIpc) is 2.61. The Morgan fingerprint density at radius 2 is 2.07 bits per heavy atom. The fourth-order valence-corrected chi connectivity index (χ4v) is 3.37. The molecule has 1 unspecified atom stereocenters. The van der Waals surface area contributed by atoms with Gasteiger partial charge in [-0.1, -0.05) is 18.2 Å². The molecule has 1 aromatic heterocycles. The minimum atomic E-state index is -0.925. The van der Waals surface area contributed by atoms with Gasteiger partial charge in [-0.25, -0.2) is 4.79 Å². The highest BCUT2D eigenvalue weighted by molar-refractivity contribution is 5.99. The molecule has 3 rings (SSSR count). The first kappa shape index (κ1) is 19.1. The van der Waals surface area contributed by atoms with Crippen LogP contribution >= 0.6 is 0 Å². The molecule has 8 nitrogen and oxygen atoms in total. The highest BCUT2D eigenvalue weighted by atomic mass is 16.5. The zero-order valence-corrected chi connectivity index (χ0v) is 15.3. The van der Waals surface area contributed by atoms with Crippen LogP contribution in [0.3, 0.4) is 0 Å². The summed E-state index contributed by atoms with van der Waals surface area (Å²) in [6.45, 7) is 2.99. The smallest absolute Gasteiger partial charge is 0.349 e. The Hall–Kier alpha value is -2.71. The van der Waals surface area contributed by atoms with E-state index in [-0.39, 0.29) is 30.7 Å². The summed E-state index contributed by atoms with van der Waals surface area (Å²) in [7, 11) is 1.68. The molecule has 27 heavy (non-hydrogen) atoms. The number of aliphatic carboxylic acids is 1. The minimum Gasteiger partial charge on any atom is -0.480 e. The second kappa shape index (κ2) is 7.89. The van der Waals surface area contributed by atoms with E-state index in [0.29, 0.717) is 30.8 Å². The van der Waals surface area contributed by atoms with Gasteiger partial charge < -0.3 is 19.2 Å². The highest BCUT2D eigenvalue weighted by Gasteiger charge is 2.29. The van der Waals surface area contributed by atoms with Crippen molar-refractivity contribution in [2.45, 2.75) is 13.0 Å². The van der Waals surface area contributed by atoms with Crippen LogP contribution in [0.2, 0.25) is 0 Å². The van der Waals surface area contributed by atoms with Crippen LogP contribution in [0.5, 0.6) is 0 Å². The molecule has 1 amide bonds. The van der Waals surface area contributed by atoms with Gasteiger partial charge in [-0.3, -0.25) is 14.5 Å². The summed E-state index contributed by atoms with van der Waals surface area (Å²) in [4.78, 5) is 39.4. The van der Waals surface area contributed by atoms with Gasteiger partial charge in [0.05, 0.1) is 19.3 Å². The number of aryl methyl sites for hydroxylation is 1. The van der Waals surface area contributed by atoms with E-state index in [1.54, 1.807) is 35.9 Å². The zero-order valence-electron chi connectivity index (χ0n) is 15.3. The molecule has 8 heteroatoms. The number of para-hydroxylation sites is 1. The summed E-state index contributed by atoms with van der Waals surface area (Å²) < 4.78 is 11.0. The molecule has 0 radical (unpaired) electrons. The predicted octanol–water partition coefficient (Wildman–Crippen LogP) is 0.959. The van der Waals surface area contributed by atoms with Gasteiger partial charge in [0.1, 0.15) is 11.1 Å². The third-order valence-electron chi connectivity index (χ3n) is 4.63. The quantitative estimate of drug-likeness (QED) is 0.778. The molecule has 1 saturated heterocycles. The van der Waals surface area contributed by atoms with Crippen LogP contribution in [0.25, 0.3) is 11.0 Å². The lowest BCUT2D eigenvalue weighted by Gasteiger charge is -2.34. The lowest BCUT2D eigenvalue weighted by molar-refractivity contribution is -0.138. The van der Waals surface area contributed by atoms with Gasteiger partial charge in [0, 0.05) is 25.0 Å². The molecule has 1 fully saturated rings. The molecule has 1 aliphatic rings. The van der Waals surface area contributed by atoms with Crippen LogP contribution in [-0.2, 0) is 9.53 Å². The lowest BCUT2D eigenvalue weighted by Crippen LogP contribution is -2.50. The van der Waals surface area contributed by atoms with Gasteiger partial charge in [0.15, 0.2) is 0 Å². The number of carbonyl (C=O) groups excluding carboxylic acids is 1. The van der Waals surface area contributed by atoms with Crippen molar-refractivity contribution in [3.8, 4) is 0 Å². The molecule has 0 spiro atoms. The summed E-state index contributed by atoms with van der Waals surface area (Å²) in [5.41, 5.74) is 0.431. The molecular formula is C19H22N2O6. The van der Waals surface area contributed by atoms with Gasteiger partial charge in [-0.2, -0.15) is 0 Å². The Labute approximate surface area is 155 Å². The Morgan fingerprint density at radius 1 is 1.33 bits per heavy atom. The standard InChI is InChI=1S/C19H22N2O6/c1-12-14-5-3-4-6-15(14)27-19(25)17(12)18(24)21-7-8-26-13(10-21)9-20(2)11-16(22)23/h3-6,13H,7-11H2,1-2H3,(H,22,23). The van der Waals surface area contributed by atoms with E-state index in [1.807, 2.05) is 12.1 Å². The first-order chi connectivity index (χ1) is 12.9. The summed E-state index contributed by atoms with van der Waals surface area (Å²) in [5, 5.41) is 9.59. The van der Waals surface area contributed by atoms with E-state index in [0.717, 1.165) is 5.39 Å². The van der Waals surface area contributed by atoms with E-state index >= 15 is 0 Å². The third-order valence-corrected chi connectivity index (χ3v) is 4.63. The first-order valence-corrected chi connectivity index (χ1v) is 8.70. The SMILES string of the molecule is Cc1c(C(=O)N2CCOC(CN(C)CC(=O)O)C2)c(=O)oc2ccccc12. The zero-order chi connectivity index (χ0) is 19.6. The van der Waals surface area contributed by atoms with Crippen molar-refractivity contribution >= 4 is 22.8 Å². The fourth-order valence-electron chi connectivity index (χ4n) is 3.37. The van der Waals surface area contributed by atoms with E-state index in [1.165, 1.54) is 0 Å². The maximum absolute atomic E-state index is 13.0. The largest absolute Gasteiger partial charge is 0.480 e. The summed E-state index contributed by atoms with van der Waals surface area (Å²) in [6, 6.07) is 7.10. The number of amides is 1. The number of carboxylic acid groups (broad SMARTS) is 1. The van der Waals surface area contributed by atoms with Crippen LogP contribution in [-0.4, -0.2) is 72.7 Å².